The van der Waals surface area contributed by atoms with Crippen molar-refractivity contribution >= 4 is 41.4 Å². The molecule has 186 valence electrons. The number of benzene rings is 1. The topological polar surface area (TPSA) is 50.2 Å². The Morgan fingerprint density at radius 1 is 0.853 bits per heavy atom. The van der Waals surface area contributed by atoms with E-state index in [2.05, 4.69) is 79.3 Å². The molecule has 0 spiro atoms. The molecule has 2 saturated heterocycles. The van der Waals surface area contributed by atoms with Crippen LogP contribution in [-0.4, -0.2) is 92.7 Å². The van der Waals surface area contributed by atoms with E-state index in [0.717, 1.165) is 83.6 Å². The quantitative estimate of drug-likeness (QED) is 0.225. The van der Waals surface area contributed by atoms with E-state index < -0.39 is 0 Å². The molecule has 2 aliphatic rings. The first kappa shape index (κ1) is 26.5. The second-order valence-electron chi connectivity index (χ2n) is 8.77. The van der Waals surface area contributed by atoms with Crippen LogP contribution < -0.4 is 15.1 Å². The van der Waals surface area contributed by atoms with Gasteiger partial charge in [0, 0.05) is 77.3 Å². The zero-order chi connectivity index (χ0) is 22.7. The van der Waals surface area contributed by atoms with Crippen LogP contribution in [0, 0.1) is 0 Å². The predicted molar refractivity (Wildman–Crippen MR) is 154 cm³/mol. The van der Waals surface area contributed by atoms with Crippen LogP contribution in [0.5, 0.6) is 0 Å². The summed E-state index contributed by atoms with van der Waals surface area (Å²) in [6, 6.07) is 16.9. The molecule has 3 heterocycles. The van der Waals surface area contributed by atoms with Gasteiger partial charge in [-0.25, -0.2) is 4.98 Å². The Balaban J connectivity index is 0.00000324. The largest absolute Gasteiger partial charge is 0.369 e. The van der Waals surface area contributed by atoms with E-state index in [1.54, 1.807) is 0 Å². The number of aliphatic imine (C=N–C) groups is 1. The molecule has 0 aliphatic carbocycles. The van der Waals surface area contributed by atoms with Gasteiger partial charge in [-0.3, -0.25) is 9.89 Å². The number of pyridine rings is 1. The number of guanidine groups is 1. The van der Waals surface area contributed by atoms with Crippen molar-refractivity contribution in [3.05, 3.63) is 54.7 Å². The van der Waals surface area contributed by atoms with Crippen LogP contribution in [-0.2, 0) is 0 Å². The van der Waals surface area contributed by atoms with Crippen LogP contribution in [0.25, 0.3) is 0 Å². The number of anilines is 2. The molecular formula is C26H40IN7. The minimum absolute atomic E-state index is 0. The van der Waals surface area contributed by atoms with Gasteiger partial charge in [-0.1, -0.05) is 24.3 Å². The lowest BCUT2D eigenvalue weighted by Crippen LogP contribution is -2.52. The highest BCUT2D eigenvalue weighted by Gasteiger charge is 2.20. The number of nitrogens with zero attached hydrogens (tertiary/aromatic N) is 6. The van der Waals surface area contributed by atoms with Gasteiger partial charge in [0.15, 0.2) is 5.96 Å². The van der Waals surface area contributed by atoms with Crippen molar-refractivity contribution in [2.45, 2.75) is 19.8 Å². The molecule has 7 nitrogen and oxygen atoms in total. The van der Waals surface area contributed by atoms with Crippen LogP contribution in [0.4, 0.5) is 11.5 Å². The Hall–Kier alpha value is -2.07. The van der Waals surface area contributed by atoms with Crippen LogP contribution in [0.2, 0.25) is 0 Å². The van der Waals surface area contributed by atoms with Gasteiger partial charge in [-0.2, -0.15) is 0 Å². The minimum atomic E-state index is 0. The number of piperazine rings is 2. The van der Waals surface area contributed by atoms with Crippen molar-refractivity contribution < 1.29 is 0 Å². The summed E-state index contributed by atoms with van der Waals surface area (Å²) in [5.41, 5.74) is 1.35. The number of nitrogens with one attached hydrogen (secondary N) is 1. The fraction of sp³-hybridized carbons (Fsp3) is 0.538. The van der Waals surface area contributed by atoms with Crippen molar-refractivity contribution in [3.8, 4) is 0 Å². The molecule has 1 aromatic carbocycles. The summed E-state index contributed by atoms with van der Waals surface area (Å²) >= 11 is 0. The third-order valence-electron chi connectivity index (χ3n) is 6.53. The average molecular weight is 578 g/mol. The number of hydrogen-bond donors (Lipinski definition) is 1. The van der Waals surface area contributed by atoms with Crippen LogP contribution >= 0.6 is 24.0 Å². The summed E-state index contributed by atoms with van der Waals surface area (Å²) < 4.78 is 0. The second kappa shape index (κ2) is 14.4. The van der Waals surface area contributed by atoms with Gasteiger partial charge in [-0.15, -0.1) is 24.0 Å². The van der Waals surface area contributed by atoms with E-state index >= 15 is 0 Å². The monoisotopic (exact) mass is 577 g/mol. The second-order valence-corrected chi connectivity index (χ2v) is 8.77. The Bertz CT molecular complexity index is 833. The third kappa shape index (κ3) is 7.73. The van der Waals surface area contributed by atoms with E-state index in [-0.39, 0.29) is 24.0 Å². The first-order chi connectivity index (χ1) is 16.3. The highest BCUT2D eigenvalue weighted by atomic mass is 127. The number of para-hydroxylation sites is 1. The van der Waals surface area contributed by atoms with Gasteiger partial charge in [0.2, 0.25) is 0 Å². The van der Waals surface area contributed by atoms with Crippen molar-refractivity contribution in [2.75, 3.05) is 81.8 Å². The molecular weight excluding hydrogens is 537 g/mol. The molecule has 0 unspecified atom stereocenters. The smallest absolute Gasteiger partial charge is 0.194 e. The standard InChI is InChI=1S/C26H39N7.HI/c1-2-27-26(33-22-20-32(21-23-33)25-12-6-7-13-28-25)29-14-8-9-15-30-16-18-31(19-17-30)24-10-4-3-5-11-24;/h3-7,10-13H,2,8-9,14-23H2,1H3,(H,27,29);1H. The molecule has 1 aromatic heterocycles. The first-order valence-electron chi connectivity index (χ1n) is 12.5. The Morgan fingerprint density at radius 2 is 1.56 bits per heavy atom. The van der Waals surface area contributed by atoms with E-state index in [1.807, 2.05) is 12.3 Å². The fourth-order valence-electron chi connectivity index (χ4n) is 4.61. The zero-order valence-electron chi connectivity index (χ0n) is 20.5. The maximum Gasteiger partial charge on any atom is 0.194 e. The Morgan fingerprint density at radius 3 is 2.24 bits per heavy atom. The SMILES string of the molecule is CCNC(=NCCCCN1CCN(c2ccccc2)CC1)N1CCN(c2ccccn2)CC1.I. The van der Waals surface area contributed by atoms with Gasteiger partial charge in [0.05, 0.1) is 0 Å². The van der Waals surface area contributed by atoms with E-state index in [1.165, 1.54) is 18.7 Å². The van der Waals surface area contributed by atoms with Crippen molar-refractivity contribution in [2.24, 2.45) is 4.99 Å². The lowest BCUT2D eigenvalue weighted by molar-refractivity contribution is 0.253. The summed E-state index contributed by atoms with van der Waals surface area (Å²) in [7, 11) is 0. The maximum absolute atomic E-state index is 4.94. The van der Waals surface area contributed by atoms with Gasteiger partial charge in [0.1, 0.15) is 5.82 Å². The lowest BCUT2D eigenvalue weighted by Gasteiger charge is -2.37. The molecule has 0 amide bonds. The van der Waals surface area contributed by atoms with Crippen LogP contribution in [0.3, 0.4) is 0 Å². The van der Waals surface area contributed by atoms with Crippen molar-refractivity contribution in [1.82, 2.24) is 20.1 Å². The lowest BCUT2D eigenvalue weighted by atomic mass is 10.2. The molecule has 0 bridgehead atoms. The molecule has 8 heteroatoms. The van der Waals surface area contributed by atoms with Gasteiger partial charge in [0.25, 0.3) is 0 Å². The Kier molecular flexibility index (Phi) is 11.2. The zero-order valence-corrected chi connectivity index (χ0v) is 22.8. The Labute approximate surface area is 222 Å². The summed E-state index contributed by atoms with van der Waals surface area (Å²) in [4.78, 5) is 19.3. The maximum atomic E-state index is 4.94. The van der Waals surface area contributed by atoms with E-state index in [0.29, 0.717) is 0 Å². The van der Waals surface area contributed by atoms with E-state index in [9.17, 15) is 0 Å². The highest BCUT2D eigenvalue weighted by molar-refractivity contribution is 14.0. The summed E-state index contributed by atoms with van der Waals surface area (Å²) in [6.45, 7) is 13.6. The highest BCUT2D eigenvalue weighted by Crippen LogP contribution is 2.16. The number of unbranched alkanes of at least 4 members (excludes halogenated alkanes) is 1. The molecule has 2 aromatic rings. The number of rotatable bonds is 8. The summed E-state index contributed by atoms with van der Waals surface area (Å²) in [5, 5.41) is 3.49. The van der Waals surface area contributed by atoms with Crippen molar-refractivity contribution in [1.29, 1.82) is 0 Å². The van der Waals surface area contributed by atoms with E-state index in [4.69, 9.17) is 4.99 Å². The molecule has 0 atom stereocenters. The van der Waals surface area contributed by atoms with Crippen LogP contribution in [0.15, 0.2) is 59.7 Å². The summed E-state index contributed by atoms with van der Waals surface area (Å²) in [5.74, 6) is 2.14. The van der Waals surface area contributed by atoms with Gasteiger partial charge < -0.3 is 20.0 Å². The third-order valence-corrected chi connectivity index (χ3v) is 6.53. The normalized spacial score (nSPS) is 17.4. The number of hydrogen-bond acceptors (Lipinski definition) is 5. The molecule has 2 aliphatic heterocycles. The van der Waals surface area contributed by atoms with Gasteiger partial charge in [-0.05, 0) is 50.6 Å². The molecule has 4 rings (SSSR count). The number of aromatic nitrogens is 1. The average Bonchev–Trinajstić information content (AvgIpc) is 2.89. The van der Waals surface area contributed by atoms with Crippen LogP contribution in [0.1, 0.15) is 19.8 Å². The molecule has 2 fully saturated rings. The van der Waals surface area contributed by atoms with Crippen molar-refractivity contribution in [3.63, 3.8) is 0 Å². The predicted octanol–water partition coefficient (Wildman–Crippen LogP) is 3.39. The fourth-order valence-corrected chi connectivity index (χ4v) is 4.61. The molecule has 34 heavy (non-hydrogen) atoms. The minimum Gasteiger partial charge on any atom is -0.369 e. The molecule has 1 N–H and O–H groups in total. The molecule has 0 saturated carbocycles. The molecule has 0 radical (unpaired) electrons. The number of halogens is 1. The summed E-state index contributed by atoms with van der Waals surface area (Å²) in [6.07, 6.45) is 4.22. The van der Waals surface area contributed by atoms with Gasteiger partial charge >= 0.3 is 0 Å². The first-order valence-corrected chi connectivity index (χ1v) is 12.5.